The third kappa shape index (κ3) is 3.05. The average molecular weight is 298 g/mol. The first-order chi connectivity index (χ1) is 10.3. The molecule has 0 aliphatic carbocycles. The van der Waals surface area contributed by atoms with Gasteiger partial charge in [0.15, 0.2) is 0 Å². The SMILES string of the molecule is NNC(Cc1ccc(Cl)cc1)c1cncc2ccccc12. The van der Waals surface area contributed by atoms with Crippen LogP contribution >= 0.6 is 11.6 Å². The molecule has 0 saturated carbocycles. The summed E-state index contributed by atoms with van der Waals surface area (Å²) in [6.07, 6.45) is 4.53. The molecule has 106 valence electrons. The van der Waals surface area contributed by atoms with E-state index in [9.17, 15) is 0 Å². The summed E-state index contributed by atoms with van der Waals surface area (Å²) in [5.41, 5.74) is 5.18. The summed E-state index contributed by atoms with van der Waals surface area (Å²) >= 11 is 5.93. The van der Waals surface area contributed by atoms with Crippen LogP contribution in [0.2, 0.25) is 5.02 Å². The summed E-state index contributed by atoms with van der Waals surface area (Å²) in [4.78, 5) is 4.32. The molecule has 21 heavy (non-hydrogen) atoms. The lowest BCUT2D eigenvalue weighted by molar-refractivity contribution is 0.554. The Labute approximate surface area is 128 Å². The van der Waals surface area contributed by atoms with Crippen LogP contribution in [0.5, 0.6) is 0 Å². The van der Waals surface area contributed by atoms with Crippen LogP contribution in [0.3, 0.4) is 0 Å². The van der Waals surface area contributed by atoms with Crippen molar-refractivity contribution in [1.29, 1.82) is 0 Å². The van der Waals surface area contributed by atoms with E-state index in [4.69, 9.17) is 17.4 Å². The highest BCUT2D eigenvalue weighted by molar-refractivity contribution is 6.30. The van der Waals surface area contributed by atoms with Gasteiger partial charge in [-0.1, -0.05) is 48.0 Å². The molecule has 0 radical (unpaired) electrons. The second kappa shape index (κ2) is 6.22. The molecule has 0 amide bonds. The van der Waals surface area contributed by atoms with Gasteiger partial charge in [0.25, 0.3) is 0 Å². The number of fused-ring (bicyclic) bond motifs is 1. The van der Waals surface area contributed by atoms with E-state index in [1.54, 1.807) is 0 Å². The van der Waals surface area contributed by atoms with Crippen molar-refractivity contribution in [1.82, 2.24) is 10.4 Å². The number of pyridine rings is 1. The predicted octanol–water partition coefficient (Wildman–Crippen LogP) is 3.64. The van der Waals surface area contributed by atoms with E-state index in [-0.39, 0.29) is 6.04 Å². The number of aromatic nitrogens is 1. The van der Waals surface area contributed by atoms with Crippen LogP contribution in [0, 0.1) is 0 Å². The summed E-state index contributed by atoms with van der Waals surface area (Å²) in [6, 6.07) is 16.0. The van der Waals surface area contributed by atoms with Gasteiger partial charge in [-0.25, -0.2) is 0 Å². The summed E-state index contributed by atoms with van der Waals surface area (Å²) in [5.74, 6) is 5.77. The van der Waals surface area contributed by atoms with Gasteiger partial charge in [-0.15, -0.1) is 0 Å². The van der Waals surface area contributed by atoms with Crippen LogP contribution in [-0.4, -0.2) is 4.98 Å². The number of hydrogen-bond acceptors (Lipinski definition) is 3. The highest BCUT2D eigenvalue weighted by Gasteiger charge is 2.14. The molecule has 1 unspecified atom stereocenters. The molecule has 4 heteroatoms. The first-order valence-corrected chi connectivity index (χ1v) is 7.19. The number of rotatable bonds is 4. The Hall–Kier alpha value is -1.94. The van der Waals surface area contributed by atoms with Crippen molar-refractivity contribution in [3.8, 4) is 0 Å². The molecular weight excluding hydrogens is 282 g/mol. The Morgan fingerprint density at radius 1 is 1.05 bits per heavy atom. The first-order valence-electron chi connectivity index (χ1n) is 6.81. The zero-order valence-electron chi connectivity index (χ0n) is 11.5. The third-order valence-electron chi connectivity index (χ3n) is 3.63. The van der Waals surface area contributed by atoms with E-state index < -0.39 is 0 Å². The summed E-state index contributed by atoms with van der Waals surface area (Å²) in [6.45, 7) is 0. The molecule has 3 nitrogen and oxygen atoms in total. The Kier molecular flexibility index (Phi) is 4.15. The van der Waals surface area contributed by atoms with Gasteiger partial charge in [-0.2, -0.15) is 0 Å². The molecule has 0 aliphatic heterocycles. The number of benzene rings is 2. The van der Waals surface area contributed by atoms with Gasteiger partial charge in [0, 0.05) is 22.8 Å². The van der Waals surface area contributed by atoms with Gasteiger partial charge < -0.3 is 0 Å². The van der Waals surface area contributed by atoms with Gasteiger partial charge in [0.1, 0.15) is 0 Å². The van der Waals surface area contributed by atoms with Crippen LogP contribution in [-0.2, 0) is 6.42 Å². The number of hydrazine groups is 1. The molecule has 3 rings (SSSR count). The quantitative estimate of drug-likeness (QED) is 0.571. The fourth-order valence-electron chi connectivity index (χ4n) is 2.53. The van der Waals surface area contributed by atoms with Gasteiger partial charge in [-0.3, -0.25) is 16.3 Å². The molecule has 3 N–H and O–H groups in total. The lowest BCUT2D eigenvalue weighted by Crippen LogP contribution is -2.29. The zero-order valence-corrected chi connectivity index (χ0v) is 12.2. The highest BCUT2D eigenvalue weighted by atomic mass is 35.5. The lowest BCUT2D eigenvalue weighted by atomic mass is 9.96. The molecule has 0 spiro atoms. The molecule has 1 atom stereocenters. The van der Waals surface area contributed by atoms with E-state index in [1.807, 2.05) is 48.8 Å². The maximum atomic E-state index is 5.93. The van der Waals surface area contributed by atoms with Crippen LogP contribution in [0.25, 0.3) is 10.8 Å². The monoisotopic (exact) mass is 297 g/mol. The molecular formula is C17H16ClN3. The number of nitrogens with two attached hydrogens (primary N) is 1. The third-order valence-corrected chi connectivity index (χ3v) is 3.88. The molecule has 1 aromatic heterocycles. The Bertz CT molecular complexity index is 735. The van der Waals surface area contributed by atoms with Gasteiger partial charge >= 0.3 is 0 Å². The molecule has 0 aliphatic rings. The Morgan fingerprint density at radius 3 is 2.57 bits per heavy atom. The summed E-state index contributed by atoms with van der Waals surface area (Å²) in [7, 11) is 0. The Balaban J connectivity index is 1.96. The van der Waals surface area contributed by atoms with E-state index in [0.29, 0.717) is 0 Å². The van der Waals surface area contributed by atoms with Crippen LogP contribution in [0.15, 0.2) is 60.9 Å². The van der Waals surface area contributed by atoms with E-state index in [2.05, 4.69) is 22.5 Å². The van der Waals surface area contributed by atoms with Crippen molar-refractivity contribution in [2.75, 3.05) is 0 Å². The number of nitrogens with zero attached hydrogens (tertiary/aromatic N) is 1. The minimum atomic E-state index is 0.00442. The van der Waals surface area contributed by atoms with Crippen molar-refractivity contribution in [2.24, 2.45) is 5.84 Å². The predicted molar refractivity (Wildman–Crippen MR) is 87.0 cm³/mol. The molecule has 0 bridgehead atoms. The number of hydrogen-bond donors (Lipinski definition) is 2. The Morgan fingerprint density at radius 2 is 1.81 bits per heavy atom. The van der Waals surface area contributed by atoms with Crippen LogP contribution < -0.4 is 11.3 Å². The smallest absolute Gasteiger partial charge is 0.0521 e. The molecule has 3 aromatic rings. The average Bonchev–Trinajstić information content (AvgIpc) is 2.54. The van der Waals surface area contributed by atoms with E-state index in [1.165, 1.54) is 10.9 Å². The molecule has 1 heterocycles. The number of nitrogens with one attached hydrogen (secondary N) is 1. The molecule has 0 saturated heterocycles. The van der Waals surface area contributed by atoms with Gasteiger partial charge in [0.05, 0.1) is 6.04 Å². The van der Waals surface area contributed by atoms with Gasteiger partial charge in [0.2, 0.25) is 0 Å². The van der Waals surface area contributed by atoms with E-state index in [0.717, 1.165) is 22.4 Å². The summed E-state index contributed by atoms with van der Waals surface area (Å²) < 4.78 is 0. The van der Waals surface area contributed by atoms with Crippen molar-refractivity contribution >= 4 is 22.4 Å². The van der Waals surface area contributed by atoms with E-state index >= 15 is 0 Å². The largest absolute Gasteiger partial charge is 0.271 e. The summed E-state index contributed by atoms with van der Waals surface area (Å²) in [5, 5.41) is 3.03. The van der Waals surface area contributed by atoms with Crippen molar-refractivity contribution in [3.05, 3.63) is 77.1 Å². The van der Waals surface area contributed by atoms with Crippen molar-refractivity contribution in [2.45, 2.75) is 12.5 Å². The maximum Gasteiger partial charge on any atom is 0.0521 e. The van der Waals surface area contributed by atoms with Crippen LogP contribution in [0.4, 0.5) is 0 Å². The molecule has 2 aromatic carbocycles. The first kappa shape index (κ1) is 14.0. The fourth-order valence-corrected chi connectivity index (χ4v) is 2.66. The normalized spacial score (nSPS) is 12.5. The number of halogens is 1. The minimum absolute atomic E-state index is 0.00442. The minimum Gasteiger partial charge on any atom is -0.271 e. The van der Waals surface area contributed by atoms with Crippen molar-refractivity contribution in [3.63, 3.8) is 0 Å². The van der Waals surface area contributed by atoms with Gasteiger partial charge in [-0.05, 0) is 35.1 Å². The lowest BCUT2D eigenvalue weighted by Gasteiger charge is -2.18. The molecule has 0 fully saturated rings. The zero-order chi connectivity index (χ0) is 14.7. The maximum absolute atomic E-state index is 5.93. The fraction of sp³-hybridized carbons (Fsp3) is 0.118. The standard InChI is InChI=1S/C17H16ClN3/c18-14-7-5-12(6-8-14)9-17(21-19)16-11-20-10-13-3-1-2-4-15(13)16/h1-8,10-11,17,21H,9,19H2. The van der Waals surface area contributed by atoms with Crippen LogP contribution in [0.1, 0.15) is 17.2 Å². The second-order valence-corrected chi connectivity index (χ2v) is 5.44. The van der Waals surface area contributed by atoms with Crippen molar-refractivity contribution < 1.29 is 0 Å². The topological polar surface area (TPSA) is 50.9 Å². The highest BCUT2D eigenvalue weighted by Crippen LogP contribution is 2.25. The second-order valence-electron chi connectivity index (χ2n) is 5.00.